The predicted octanol–water partition coefficient (Wildman–Crippen LogP) is 3.39. The van der Waals surface area contributed by atoms with Gasteiger partial charge in [-0.05, 0) is 37.3 Å². The molecule has 0 atom stereocenters. The fourth-order valence-corrected chi connectivity index (χ4v) is 1.66. The number of amides is 1. The molecule has 19 heavy (non-hydrogen) atoms. The molecule has 0 fully saturated rings. The van der Waals surface area contributed by atoms with E-state index in [0.717, 1.165) is 0 Å². The van der Waals surface area contributed by atoms with Crippen molar-refractivity contribution in [2.45, 2.75) is 6.92 Å². The average Bonchev–Trinajstić information content (AvgIpc) is 2.42. The van der Waals surface area contributed by atoms with Gasteiger partial charge in [0.15, 0.2) is 0 Å². The van der Waals surface area contributed by atoms with Crippen LogP contribution in [0.2, 0.25) is 5.15 Å². The van der Waals surface area contributed by atoms with Crippen LogP contribution in [-0.2, 0) is 0 Å². The Morgan fingerprint density at radius 1 is 1.37 bits per heavy atom. The molecule has 1 aromatic heterocycles. The summed E-state index contributed by atoms with van der Waals surface area (Å²) in [5.74, 6) is 0.454. The number of anilines is 1. The second-order valence-corrected chi connectivity index (χ2v) is 4.17. The molecule has 0 spiro atoms. The van der Waals surface area contributed by atoms with Crippen LogP contribution in [0, 0.1) is 0 Å². The minimum Gasteiger partial charge on any atom is -0.494 e. The summed E-state index contributed by atoms with van der Waals surface area (Å²) in [6.07, 6.45) is 1.51. The second kappa shape index (κ2) is 6.20. The van der Waals surface area contributed by atoms with Gasteiger partial charge < -0.3 is 10.1 Å². The third-order valence-electron chi connectivity index (χ3n) is 2.39. The van der Waals surface area contributed by atoms with Crippen molar-refractivity contribution in [3.8, 4) is 5.75 Å². The lowest BCUT2D eigenvalue weighted by molar-refractivity contribution is 0.102. The van der Waals surface area contributed by atoms with Crippen LogP contribution in [0.15, 0.2) is 42.6 Å². The summed E-state index contributed by atoms with van der Waals surface area (Å²) in [6.45, 7) is 2.46. The van der Waals surface area contributed by atoms with Crippen molar-refractivity contribution in [1.29, 1.82) is 0 Å². The summed E-state index contributed by atoms with van der Waals surface area (Å²) in [7, 11) is 0. The lowest BCUT2D eigenvalue weighted by Crippen LogP contribution is -2.12. The van der Waals surface area contributed by atoms with Crippen LogP contribution in [-0.4, -0.2) is 17.5 Å². The first-order chi connectivity index (χ1) is 9.19. The van der Waals surface area contributed by atoms with E-state index in [1.807, 2.05) is 13.0 Å². The van der Waals surface area contributed by atoms with Gasteiger partial charge in [-0.1, -0.05) is 17.7 Å². The van der Waals surface area contributed by atoms with E-state index in [2.05, 4.69) is 10.3 Å². The Balaban J connectivity index is 2.11. The lowest BCUT2D eigenvalue weighted by Gasteiger charge is -2.07. The normalized spacial score (nSPS) is 10.0. The highest BCUT2D eigenvalue weighted by Gasteiger charge is 2.07. The van der Waals surface area contributed by atoms with Gasteiger partial charge in [-0.2, -0.15) is 0 Å². The molecule has 1 amide bonds. The number of nitrogens with one attached hydrogen (secondary N) is 1. The van der Waals surface area contributed by atoms with Gasteiger partial charge in [0.2, 0.25) is 0 Å². The van der Waals surface area contributed by atoms with Crippen LogP contribution in [0.3, 0.4) is 0 Å². The maximum atomic E-state index is 12.0. The van der Waals surface area contributed by atoms with Gasteiger partial charge in [-0.25, -0.2) is 4.98 Å². The number of hydrogen-bond donors (Lipinski definition) is 1. The molecule has 0 aliphatic rings. The molecule has 0 unspecified atom stereocenters. The van der Waals surface area contributed by atoms with Crippen molar-refractivity contribution < 1.29 is 9.53 Å². The maximum Gasteiger partial charge on any atom is 0.255 e. The van der Waals surface area contributed by atoms with Crippen LogP contribution in [0.25, 0.3) is 0 Å². The van der Waals surface area contributed by atoms with Gasteiger partial charge in [0.25, 0.3) is 5.91 Å². The summed E-state index contributed by atoms with van der Waals surface area (Å²) in [5, 5.41) is 3.12. The van der Waals surface area contributed by atoms with Crippen LogP contribution in [0.4, 0.5) is 5.69 Å². The number of hydrogen-bond acceptors (Lipinski definition) is 3. The lowest BCUT2D eigenvalue weighted by atomic mass is 10.2. The number of aromatic nitrogens is 1. The summed E-state index contributed by atoms with van der Waals surface area (Å²) < 4.78 is 5.35. The molecule has 1 aromatic carbocycles. The number of benzene rings is 1. The number of halogens is 1. The third-order valence-corrected chi connectivity index (χ3v) is 2.62. The van der Waals surface area contributed by atoms with Crippen LogP contribution < -0.4 is 10.1 Å². The molecule has 0 aliphatic heterocycles. The molecule has 0 aliphatic carbocycles. The first-order valence-corrected chi connectivity index (χ1v) is 6.22. The first-order valence-electron chi connectivity index (χ1n) is 5.85. The monoisotopic (exact) mass is 276 g/mol. The van der Waals surface area contributed by atoms with Gasteiger partial charge in [0.1, 0.15) is 10.9 Å². The molecule has 1 N–H and O–H groups in total. The predicted molar refractivity (Wildman–Crippen MR) is 74.8 cm³/mol. The molecule has 0 saturated heterocycles. The molecule has 4 nitrogen and oxygen atoms in total. The first kappa shape index (κ1) is 13.4. The second-order valence-electron chi connectivity index (χ2n) is 3.78. The van der Waals surface area contributed by atoms with Crippen LogP contribution >= 0.6 is 11.6 Å². The molecule has 2 aromatic rings. The summed E-state index contributed by atoms with van der Waals surface area (Å²) in [5.41, 5.74) is 1.12. The highest BCUT2D eigenvalue weighted by atomic mass is 35.5. The number of ether oxygens (including phenoxy) is 1. The third kappa shape index (κ3) is 3.69. The molecule has 0 bridgehead atoms. The molecular weight excluding hydrogens is 264 g/mol. The SMILES string of the molecule is CCOc1cccc(C(=O)Nc2ccc(Cl)nc2)c1. The van der Waals surface area contributed by atoms with E-state index >= 15 is 0 Å². The molecular formula is C14H13ClN2O2. The standard InChI is InChI=1S/C14H13ClN2O2/c1-2-19-12-5-3-4-10(8-12)14(18)17-11-6-7-13(15)16-9-11/h3-9H,2H2,1H3,(H,17,18). The Labute approximate surface area is 116 Å². The molecule has 0 saturated carbocycles. The van der Waals surface area contributed by atoms with Crippen molar-refractivity contribution in [2.75, 3.05) is 11.9 Å². The molecule has 1 heterocycles. The number of rotatable bonds is 4. The van der Waals surface area contributed by atoms with E-state index in [4.69, 9.17) is 16.3 Å². The smallest absolute Gasteiger partial charge is 0.255 e. The summed E-state index contributed by atoms with van der Waals surface area (Å²) in [6, 6.07) is 10.3. The Kier molecular flexibility index (Phi) is 4.36. The van der Waals surface area contributed by atoms with Crippen molar-refractivity contribution in [2.24, 2.45) is 0 Å². The van der Waals surface area contributed by atoms with E-state index in [1.165, 1.54) is 6.20 Å². The van der Waals surface area contributed by atoms with Gasteiger partial charge >= 0.3 is 0 Å². The van der Waals surface area contributed by atoms with E-state index in [9.17, 15) is 4.79 Å². The number of nitrogens with zero attached hydrogens (tertiary/aromatic N) is 1. The van der Waals surface area contributed by atoms with E-state index in [1.54, 1.807) is 30.3 Å². The fourth-order valence-electron chi connectivity index (χ4n) is 1.55. The topological polar surface area (TPSA) is 51.2 Å². The van der Waals surface area contributed by atoms with E-state index in [-0.39, 0.29) is 5.91 Å². The van der Waals surface area contributed by atoms with Gasteiger partial charge in [0.05, 0.1) is 18.5 Å². The van der Waals surface area contributed by atoms with Gasteiger partial charge in [-0.15, -0.1) is 0 Å². The van der Waals surface area contributed by atoms with Crippen molar-refractivity contribution in [3.63, 3.8) is 0 Å². The Hall–Kier alpha value is -2.07. The van der Waals surface area contributed by atoms with Crippen molar-refractivity contribution in [1.82, 2.24) is 4.98 Å². The van der Waals surface area contributed by atoms with Crippen molar-refractivity contribution >= 4 is 23.2 Å². The highest BCUT2D eigenvalue weighted by molar-refractivity contribution is 6.29. The Bertz CT molecular complexity index is 570. The van der Waals surface area contributed by atoms with Crippen LogP contribution in [0.5, 0.6) is 5.75 Å². The number of pyridine rings is 1. The molecule has 2 rings (SSSR count). The zero-order valence-corrected chi connectivity index (χ0v) is 11.1. The largest absolute Gasteiger partial charge is 0.494 e. The van der Waals surface area contributed by atoms with E-state index in [0.29, 0.717) is 28.8 Å². The number of carbonyl (C=O) groups excluding carboxylic acids is 1. The van der Waals surface area contributed by atoms with Gasteiger partial charge in [0, 0.05) is 5.56 Å². The van der Waals surface area contributed by atoms with E-state index < -0.39 is 0 Å². The Morgan fingerprint density at radius 2 is 2.21 bits per heavy atom. The minimum atomic E-state index is -0.217. The quantitative estimate of drug-likeness (QED) is 0.871. The molecule has 98 valence electrons. The van der Waals surface area contributed by atoms with Crippen molar-refractivity contribution in [3.05, 3.63) is 53.3 Å². The number of carbonyl (C=O) groups is 1. The summed E-state index contributed by atoms with van der Waals surface area (Å²) >= 11 is 5.68. The maximum absolute atomic E-state index is 12.0. The van der Waals surface area contributed by atoms with Gasteiger partial charge in [-0.3, -0.25) is 4.79 Å². The fraction of sp³-hybridized carbons (Fsp3) is 0.143. The average molecular weight is 277 g/mol. The summed E-state index contributed by atoms with van der Waals surface area (Å²) in [4.78, 5) is 15.9. The highest BCUT2D eigenvalue weighted by Crippen LogP contribution is 2.15. The molecule has 5 heteroatoms. The molecule has 0 radical (unpaired) electrons. The zero-order chi connectivity index (χ0) is 13.7. The minimum absolute atomic E-state index is 0.217. The van der Waals surface area contributed by atoms with Crippen LogP contribution in [0.1, 0.15) is 17.3 Å². The zero-order valence-electron chi connectivity index (χ0n) is 10.4. The Morgan fingerprint density at radius 3 is 2.89 bits per heavy atom.